The van der Waals surface area contributed by atoms with Gasteiger partial charge in [-0.3, -0.25) is 9.59 Å². The highest BCUT2D eigenvalue weighted by Gasteiger charge is 2.27. The van der Waals surface area contributed by atoms with Crippen molar-refractivity contribution >= 4 is 11.8 Å². The van der Waals surface area contributed by atoms with Crippen molar-refractivity contribution in [2.75, 3.05) is 33.7 Å². The zero-order valence-corrected chi connectivity index (χ0v) is 15.7. The number of fused-ring (bicyclic) bond motifs is 1. The van der Waals surface area contributed by atoms with E-state index in [0.717, 1.165) is 57.3 Å². The molecule has 0 spiro atoms. The van der Waals surface area contributed by atoms with Gasteiger partial charge in [0.2, 0.25) is 0 Å². The first kappa shape index (κ1) is 19.4. The quantitative estimate of drug-likeness (QED) is 0.661. The van der Waals surface area contributed by atoms with Crippen LogP contribution in [0.15, 0.2) is 0 Å². The number of amides is 2. The highest BCUT2D eigenvalue weighted by Crippen LogP contribution is 2.21. The van der Waals surface area contributed by atoms with Crippen LogP contribution in [0.3, 0.4) is 0 Å². The molecule has 140 valence electrons. The normalized spacial score (nSPS) is 13.6. The number of carbonyl (C=O) groups is 2. The smallest absolute Gasteiger partial charge is 0.287 e. The van der Waals surface area contributed by atoms with E-state index >= 15 is 0 Å². The zero-order chi connectivity index (χ0) is 18.2. The zero-order valence-electron chi connectivity index (χ0n) is 15.7. The molecule has 2 N–H and O–H groups in total. The third-order valence-corrected chi connectivity index (χ3v) is 4.42. The second-order valence-corrected chi connectivity index (χ2v) is 6.86. The lowest BCUT2D eigenvalue weighted by Crippen LogP contribution is -2.30. The van der Waals surface area contributed by atoms with Crippen molar-refractivity contribution in [3.05, 3.63) is 17.2 Å². The third kappa shape index (κ3) is 5.29. The maximum atomic E-state index is 12.5. The Hall–Kier alpha value is -1.89. The van der Waals surface area contributed by atoms with Gasteiger partial charge in [-0.15, -0.1) is 0 Å². The lowest BCUT2D eigenvalue weighted by atomic mass is 10.1. The fourth-order valence-corrected chi connectivity index (χ4v) is 3.04. The van der Waals surface area contributed by atoms with E-state index in [0.29, 0.717) is 24.6 Å². The Morgan fingerprint density at radius 1 is 1.12 bits per heavy atom. The van der Waals surface area contributed by atoms with E-state index in [1.165, 1.54) is 0 Å². The predicted molar refractivity (Wildman–Crippen MR) is 97.9 cm³/mol. The Morgan fingerprint density at radius 3 is 2.56 bits per heavy atom. The van der Waals surface area contributed by atoms with E-state index < -0.39 is 0 Å². The summed E-state index contributed by atoms with van der Waals surface area (Å²) in [6.45, 7) is 5.02. The summed E-state index contributed by atoms with van der Waals surface area (Å²) in [5.41, 5.74) is 1.33. The number of aromatic nitrogens is 2. The van der Waals surface area contributed by atoms with E-state index in [1.54, 1.807) is 0 Å². The van der Waals surface area contributed by atoms with Crippen molar-refractivity contribution in [1.82, 2.24) is 25.1 Å². The molecule has 1 aromatic heterocycles. The number of imidazole rings is 1. The molecule has 0 aromatic carbocycles. The molecule has 1 aromatic rings. The van der Waals surface area contributed by atoms with Crippen molar-refractivity contribution in [3.63, 3.8) is 0 Å². The van der Waals surface area contributed by atoms with Crippen LogP contribution in [0.1, 0.15) is 65.8 Å². The van der Waals surface area contributed by atoms with E-state index in [2.05, 4.69) is 27.4 Å². The molecule has 0 saturated carbocycles. The third-order valence-electron chi connectivity index (χ3n) is 4.42. The van der Waals surface area contributed by atoms with Crippen molar-refractivity contribution in [3.8, 4) is 0 Å². The van der Waals surface area contributed by atoms with Gasteiger partial charge in [0.25, 0.3) is 11.8 Å². The average Bonchev–Trinajstić information content (AvgIpc) is 2.98. The predicted octanol–water partition coefficient (Wildman–Crippen LogP) is 1.43. The first-order chi connectivity index (χ1) is 12.0. The summed E-state index contributed by atoms with van der Waals surface area (Å²) in [5.74, 6) is 0.0282. The lowest BCUT2D eigenvalue weighted by Gasteiger charge is -2.17. The van der Waals surface area contributed by atoms with Crippen LogP contribution in [-0.4, -0.2) is 60.0 Å². The van der Waals surface area contributed by atoms with Crippen LogP contribution in [0.2, 0.25) is 0 Å². The molecule has 0 atom stereocenters. The number of carbonyl (C=O) groups excluding carboxylic acids is 2. The molecule has 0 saturated heterocycles. The van der Waals surface area contributed by atoms with Gasteiger partial charge in [-0.25, -0.2) is 4.98 Å². The SMILES string of the molecule is CCCCNC(=O)c1nc(C(=O)NCCCN(C)C)n2c1CCCC2. The maximum Gasteiger partial charge on any atom is 0.287 e. The topological polar surface area (TPSA) is 79.3 Å². The number of unbranched alkanes of at least 4 members (excludes halogenated alkanes) is 1. The molecule has 0 bridgehead atoms. The van der Waals surface area contributed by atoms with Crippen molar-refractivity contribution in [2.45, 2.75) is 52.0 Å². The Labute approximate surface area is 150 Å². The van der Waals surface area contributed by atoms with Gasteiger partial charge in [0.05, 0.1) is 5.69 Å². The van der Waals surface area contributed by atoms with Crippen LogP contribution in [0.5, 0.6) is 0 Å². The molecule has 2 amide bonds. The maximum absolute atomic E-state index is 12.5. The van der Waals surface area contributed by atoms with Gasteiger partial charge >= 0.3 is 0 Å². The van der Waals surface area contributed by atoms with Crippen molar-refractivity contribution in [1.29, 1.82) is 0 Å². The lowest BCUT2D eigenvalue weighted by molar-refractivity contribution is 0.0936. The Kier molecular flexibility index (Phi) is 7.43. The molecule has 0 unspecified atom stereocenters. The molecule has 25 heavy (non-hydrogen) atoms. The van der Waals surface area contributed by atoms with E-state index in [1.807, 2.05) is 18.7 Å². The second kappa shape index (κ2) is 9.56. The second-order valence-electron chi connectivity index (χ2n) is 6.86. The minimum Gasteiger partial charge on any atom is -0.351 e. The molecule has 7 nitrogen and oxygen atoms in total. The Bertz CT molecular complexity index is 595. The first-order valence-corrected chi connectivity index (χ1v) is 9.35. The number of nitrogens with zero attached hydrogens (tertiary/aromatic N) is 3. The minimum absolute atomic E-state index is 0.161. The van der Waals surface area contributed by atoms with Crippen LogP contribution in [0, 0.1) is 0 Å². The average molecular weight is 349 g/mol. The first-order valence-electron chi connectivity index (χ1n) is 9.35. The summed E-state index contributed by atoms with van der Waals surface area (Å²) in [6.07, 6.45) is 5.71. The number of rotatable bonds is 9. The molecule has 2 heterocycles. The standard InChI is InChI=1S/C18H31N5O2/c1-4-5-10-19-17(24)15-14-9-6-7-13-23(14)16(21-15)18(25)20-11-8-12-22(2)3/h4-13H2,1-3H3,(H,19,24)(H,20,25). The molecule has 7 heteroatoms. The largest absolute Gasteiger partial charge is 0.351 e. The number of nitrogens with one attached hydrogen (secondary N) is 2. The molecular formula is C18H31N5O2. The summed E-state index contributed by atoms with van der Waals surface area (Å²) in [4.78, 5) is 31.5. The van der Waals surface area contributed by atoms with Crippen molar-refractivity contribution < 1.29 is 9.59 Å². The van der Waals surface area contributed by atoms with Crippen LogP contribution in [0.4, 0.5) is 0 Å². The summed E-state index contributed by atoms with van der Waals surface area (Å²) >= 11 is 0. The van der Waals surface area contributed by atoms with Gasteiger partial charge < -0.3 is 20.1 Å². The van der Waals surface area contributed by atoms with Gasteiger partial charge in [0.15, 0.2) is 5.82 Å². The molecular weight excluding hydrogens is 318 g/mol. The highest BCUT2D eigenvalue weighted by molar-refractivity contribution is 5.97. The fraction of sp³-hybridized carbons (Fsp3) is 0.722. The van der Waals surface area contributed by atoms with Crippen LogP contribution in [-0.2, 0) is 13.0 Å². The number of hydrogen-bond donors (Lipinski definition) is 2. The summed E-state index contributed by atoms with van der Waals surface area (Å²) in [7, 11) is 4.02. The molecule has 1 aliphatic heterocycles. The van der Waals surface area contributed by atoms with E-state index in [-0.39, 0.29) is 11.8 Å². The van der Waals surface area contributed by atoms with Crippen LogP contribution >= 0.6 is 0 Å². The molecule has 1 aliphatic rings. The van der Waals surface area contributed by atoms with Gasteiger partial charge in [0, 0.05) is 19.6 Å². The summed E-state index contributed by atoms with van der Waals surface area (Å²) in [5, 5.41) is 5.84. The molecule has 0 radical (unpaired) electrons. The van der Waals surface area contributed by atoms with Gasteiger partial charge in [-0.1, -0.05) is 13.3 Å². The monoisotopic (exact) mass is 349 g/mol. The van der Waals surface area contributed by atoms with Gasteiger partial charge in [-0.2, -0.15) is 0 Å². The Balaban J connectivity index is 2.07. The van der Waals surface area contributed by atoms with E-state index in [4.69, 9.17) is 0 Å². The Morgan fingerprint density at radius 2 is 1.84 bits per heavy atom. The molecule has 2 rings (SSSR count). The number of hydrogen-bond acceptors (Lipinski definition) is 4. The molecule has 0 fully saturated rings. The highest BCUT2D eigenvalue weighted by atomic mass is 16.2. The van der Waals surface area contributed by atoms with Crippen molar-refractivity contribution in [2.24, 2.45) is 0 Å². The van der Waals surface area contributed by atoms with Crippen LogP contribution < -0.4 is 10.6 Å². The summed E-state index contributed by atoms with van der Waals surface area (Å²) in [6, 6.07) is 0. The fourth-order valence-electron chi connectivity index (χ4n) is 3.04. The van der Waals surface area contributed by atoms with Gasteiger partial charge in [-0.05, 0) is 52.7 Å². The summed E-state index contributed by atoms with van der Waals surface area (Å²) < 4.78 is 1.93. The molecule has 0 aliphatic carbocycles. The van der Waals surface area contributed by atoms with Gasteiger partial charge in [0.1, 0.15) is 5.69 Å². The van der Waals surface area contributed by atoms with E-state index in [9.17, 15) is 9.59 Å². The van der Waals surface area contributed by atoms with Crippen LogP contribution in [0.25, 0.3) is 0 Å². The minimum atomic E-state index is -0.186.